The smallest absolute Gasteiger partial charge is 0.416 e. The van der Waals surface area contributed by atoms with Gasteiger partial charge in [0.25, 0.3) is 0 Å². The van der Waals surface area contributed by atoms with Crippen molar-refractivity contribution in [1.29, 1.82) is 0 Å². The summed E-state index contributed by atoms with van der Waals surface area (Å²) in [5.74, 6) is -0.948. The Labute approximate surface area is 143 Å². The molecule has 0 heterocycles. The van der Waals surface area contributed by atoms with E-state index in [1.807, 2.05) is 6.92 Å². The first-order valence-corrected chi connectivity index (χ1v) is 9.16. The van der Waals surface area contributed by atoms with Crippen molar-refractivity contribution in [1.82, 2.24) is 9.62 Å². The summed E-state index contributed by atoms with van der Waals surface area (Å²) in [4.78, 5) is 12.3. The number of alkyl halides is 3. The molecule has 1 saturated carbocycles. The van der Waals surface area contributed by atoms with E-state index in [0.717, 1.165) is 24.3 Å². The van der Waals surface area contributed by atoms with E-state index in [-0.39, 0.29) is 23.5 Å². The molecule has 25 heavy (non-hydrogen) atoms. The van der Waals surface area contributed by atoms with Crippen molar-refractivity contribution in [3.8, 4) is 0 Å². The third kappa shape index (κ3) is 4.93. The summed E-state index contributed by atoms with van der Waals surface area (Å²) >= 11 is 0. The number of carbonyl (C=O) groups is 1. The number of benzene rings is 1. The molecule has 0 spiro atoms. The molecule has 0 bridgehead atoms. The predicted molar refractivity (Wildman–Crippen MR) is 83.5 cm³/mol. The number of carboxylic acids is 1. The molecule has 0 saturated heterocycles. The Morgan fingerprint density at radius 2 is 1.84 bits per heavy atom. The van der Waals surface area contributed by atoms with Crippen molar-refractivity contribution in [3.63, 3.8) is 0 Å². The second-order valence-electron chi connectivity index (χ2n) is 5.92. The molecule has 0 aliphatic heterocycles. The Morgan fingerprint density at radius 1 is 1.28 bits per heavy atom. The van der Waals surface area contributed by atoms with Crippen LogP contribution >= 0.6 is 0 Å². The van der Waals surface area contributed by atoms with E-state index < -0.39 is 27.7 Å². The van der Waals surface area contributed by atoms with Crippen molar-refractivity contribution >= 4 is 16.0 Å². The average molecular weight is 380 g/mol. The van der Waals surface area contributed by atoms with Crippen molar-refractivity contribution in [2.75, 3.05) is 13.1 Å². The Hall–Kier alpha value is -1.65. The molecule has 1 fully saturated rings. The fourth-order valence-electron chi connectivity index (χ4n) is 2.77. The number of halogens is 3. The topological polar surface area (TPSA) is 86.7 Å². The van der Waals surface area contributed by atoms with Gasteiger partial charge in [0, 0.05) is 12.1 Å². The van der Waals surface area contributed by atoms with E-state index in [4.69, 9.17) is 5.11 Å². The van der Waals surface area contributed by atoms with Crippen LogP contribution in [0.3, 0.4) is 0 Å². The summed E-state index contributed by atoms with van der Waals surface area (Å²) in [5.41, 5.74) is -0.914. The zero-order chi connectivity index (χ0) is 18.8. The summed E-state index contributed by atoms with van der Waals surface area (Å²) < 4.78 is 64.4. The van der Waals surface area contributed by atoms with Crippen LogP contribution in [0.5, 0.6) is 0 Å². The van der Waals surface area contributed by atoms with Crippen molar-refractivity contribution in [2.24, 2.45) is 0 Å². The number of hydrogen-bond donors (Lipinski definition) is 2. The van der Waals surface area contributed by atoms with E-state index in [0.29, 0.717) is 19.4 Å². The van der Waals surface area contributed by atoms with Crippen LogP contribution < -0.4 is 4.72 Å². The first kappa shape index (κ1) is 19.7. The minimum atomic E-state index is -4.52. The Balaban J connectivity index is 1.96. The lowest BCUT2D eigenvalue weighted by atomic mass is 9.86. The van der Waals surface area contributed by atoms with Crippen LogP contribution in [0.4, 0.5) is 13.2 Å². The maximum atomic E-state index is 12.5. The van der Waals surface area contributed by atoms with E-state index in [2.05, 4.69) is 4.72 Å². The van der Waals surface area contributed by atoms with Crippen molar-refractivity contribution in [3.05, 3.63) is 29.8 Å². The lowest BCUT2D eigenvalue weighted by molar-refractivity contribution is -0.139. The number of sulfonamides is 1. The molecule has 0 unspecified atom stereocenters. The Morgan fingerprint density at radius 3 is 2.28 bits per heavy atom. The zero-order valence-corrected chi connectivity index (χ0v) is 14.3. The lowest BCUT2D eigenvalue weighted by Gasteiger charge is -2.42. The minimum Gasteiger partial charge on any atom is -0.480 e. The highest BCUT2D eigenvalue weighted by molar-refractivity contribution is 7.89. The first-order valence-electron chi connectivity index (χ1n) is 7.68. The van der Waals surface area contributed by atoms with E-state index in [9.17, 15) is 26.4 Å². The van der Waals surface area contributed by atoms with Crippen LogP contribution in [0.1, 0.15) is 25.3 Å². The molecule has 1 aliphatic carbocycles. The molecule has 0 radical (unpaired) electrons. The summed E-state index contributed by atoms with van der Waals surface area (Å²) in [6, 6.07) is 2.91. The third-order valence-corrected chi connectivity index (χ3v) is 5.72. The van der Waals surface area contributed by atoms with Crippen LogP contribution in [-0.4, -0.2) is 49.6 Å². The van der Waals surface area contributed by atoms with Crippen LogP contribution in [0, 0.1) is 0 Å². The largest absolute Gasteiger partial charge is 0.480 e. The van der Waals surface area contributed by atoms with E-state index >= 15 is 0 Å². The molecule has 0 amide bonds. The number of carboxylic acid groups (broad SMARTS) is 1. The first-order chi connectivity index (χ1) is 11.5. The van der Waals surface area contributed by atoms with Crippen LogP contribution in [0.15, 0.2) is 29.2 Å². The SMILES string of the molecule is CCN(CC(=O)O)C1CC(NS(=O)(=O)c2ccc(C(F)(F)F)cc2)C1. The third-order valence-electron chi connectivity index (χ3n) is 4.19. The molecule has 2 N–H and O–H groups in total. The van der Waals surface area contributed by atoms with Gasteiger partial charge in [0.1, 0.15) is 0 Å². The van der Waals surface area contributed by atoms with Gasteiger partial charge in [0.05, 0.1) is 17.0 Å². The number of likely N-dealkylation sites (N-methyl/N-ethyl adjacent to an activating group) is 1. The van der Waals surface area contributed by atoms with Gasteiger partial charge in [0.2, 0.25) is 10.0 Å². The number of hydrogen-bond acceptors (Lipinski definition) is 4. The number of aliphatic carboxylic acids is 1. The van der Waals surface area contributed by atoms with Gasteiger partial charge in [0.15, 0.2) is 0 Å². The quantitative estimate of drug-likeness (QED) is 0.755. The monoisotopic (exact) mass is 380 g/mol. The zero-order valence-electron chi connectivity index (χ0n) is 13.5. The Kier molecular flexibility index (Phi) is 5.75. The van der Waals surface area contributed by atoms with E-state index in [1.165, 1.54) is 0 Å². The second kappa shape index (κ2) is 7.30. The minimum absolute atomic E-state index is 0.0265. The lowest BCUT2D eigenvalue weighted by Crippen LogP contribution is -2.54. The molecule has 6 nitrogen and oxygen atoms in total. The molecule has 2 rings (SSSR count). The molecule has 1 aromatic carbocycles. The normalized spacial score (nSPS) is 21.2. The highest BCUT2D eigenvalue weighted by Crippen LogP contribution is 2.30. The highest BCUT2D eigenvalue weighted by Gasteiger charge is 2.36. The summed E-state index contributed by atoms with van der Waals surface area (Å²) in [5, 5.41) is 8.83. The van der Waals surface area contributed by atoms with Gasteiger partial charge in [-0.15, -0.1) is 0 Å². The standard InChI is InChI=1S/C15H19F3N2O4S/c1-2-20(9-14(21)22)12-7-11(8-12)19-25(23,24)13-5-3-10(4-6-13)15(16,17)18/h3-6,11-12,19H,2,7-9H2,1H3,(H,21,22). The van der Waals surface area contributed by atoms with Crippen LogP contribution in [0.2, 0.25) is 0 Å². The maximum absolute atomic E-state index is 12.5. The van der Waals surface area contributed by atoms with Gasteiger partial charge in [-0.1, -0.05) is 6.92 Å². The van der Waals surface area contributed by atoms with E-state index in [1.54, 1.807) is 4.90 Å². The second-order valence-corrected chi connectivity index (χ2v) is 7.64. The Bertz CT molecular complexity index is 713. The van der Waals surface area contributed by atoms with Crippen molar-refractivity contribution in [2.45, 2.75) is 42.9 Å². The molecule has 10 heteroatoms. The van der Waals surface area contributed by atoms with Gasteiger partial charge in [-0.3, -0.25) is 9.69 Å². The fourth-order valence-corrected chi connectivity index (χ4v) is 4.03. The van der Waals surface area contributed by atoms with Crippen LogP contribution in [-0.2, 0) is 21.0 Å². The predicted octanol–water partition coefficient (Wildman–Crippen LogP) is 1.92. The molecule has 140 valence electrons. The maximum Gasteiger partial charge on any atom is 0.416 e. The number of rotatable bonds is 7. The molecular formula is C15H19F3N2O4S. The molecule has 1 aliphatic rings. The molecular weight excluding hydrogens is 361 g/mol. The van der Waals surface area contributed by atoms with Crippen LogP contribution in [0.25, 0.3) is 0 Å². The summed E-state index contributed by atoms with van der Waals surface area (Å²) in [7, 11) is -3.91. The van der Waals surface area contributed by atoms with Gasteiger partial charge in [-0.25, -0.2) is 13.1 Å². The fraction of sp³-hybridized carbons (Fsp3) is 0.533. The number of nitrogens with zero attached hydrogens (tertiary/aromatic N) is 1. The molecule has 1 aromatic rings. The average Bonchev–Trinajstić information content (AvgIpc) is 2.47. The van der Waals surface area contributed by atoms with Gasteiger partial charge < -0.3 is 5.11 Å². The molecule has 0 atom stereocenters. The summed E-state index contributed by atoms with van der Waals surface area (Å²) in [6.45, 7) is 2.25. The van der Waals surface area contributed by atoms with Crippen molar-refractivity contribution < 1.29 is 31.5 Å². The summed E-state index contributed by atoms with van der Waals surface area (Å²) in [6.07, 6.45) is -3.60. The van der Waals surface area contributed by atoms with Gasteiger partial charge in [-0.05, 0) is 43.7 Å². The molecule has 0 aromatic heterocycles. The van der Waals surface area contributed by atoms with Gasteiger partial charge >= 0.3 is 12.1 Å². The number of nitrogens with one attached hydrogen (secondary N) is 1. The van der Waals surface area contributed by atoms with Gasteiger partial charge in [-0.2, -0.15) is 13.2 Å². The highest BCUT2D eigenvalue weighted by atomic mass is 32.2.